The van der Waals surface area contributed by atoms with Crippen LogP contribution in [0.25, 0.3) is 0 Å². The van der Waals surface area contributed by atoms with Crippen LogP contribution in [-0.2, 0) is 9.59 Å². The number of likely N-dealkylation sites (tertiary alicyclic amines) is 1. The summed E-state index contributed by atoms with van der Waals surface area (Å²) in [5, 5.41) is 27.0. The largest absolute Gasteiger partial charge is 0.481 e. The Kier molecular flexibility index (Phi) is 7.31. The molecule has 0 aromatic carbocycles. The lowest BCUT2D eigenvalue weighted by atomic mass is 9.80. The average Bonchev–Trinajstić information content (AvgIpc) is 2.80. The number of carboxylic acids is 1. The van der Waals surface area contributed by atoms with E-state index in [1.807, 2.05) is 13.8 Å². The summed E-state index contributed by atoms with van der Waals surface area (Å²) in [5.74, 6) is -1.57. The summed E-state index contributed by atoms with van der Waals surface area (Å²) in [6.45, 7) is 4.54. The smallest absolute Gasteiger partial charge is 0.451 e. The molecule has 126 valence electrons. The molecule has 1 saturated heterocycles. The van der Waals surface area contributed by atoms with E-state index in [0.29, 0.717) is 31.7 Å². The summed E-state index contributed by atoms with van der Waals surface area (Å²) in [7, 11) is -1.37. The lowest BCUT2D eigenvalue weighted by Gasteiger charge is -2.22. The lowest BCUT2D eigenvalue weighted by molar-refractivity contribution is -0.142. The second kappa shape index (κ2) is 8.50. The van der Waals surface area contributed by atoms with Crippen LogP contribution in [0.15, 0.2) is 0 Å². The Balaban J connectivity index is 2.61. The van der Waals surface area contributed by atoms with Crippen LogP contribution in [0.5, 0.6) is 0 Å². The predicted octanol–water partition coefficient (Wildman–Crippen LogP) is -0.228. The zero-order valence-electron chi connectivity index (χ0n) is 13.3. The Morgan fingerprint density at radius 2 is 1.95 bits per heavy atom. The molecule has 1 heterocycles. The number of hydrogen-bond donors (Lipinski definition) is 4. The maximum absolute atomic E-state index is 12.3. The van der Waals surface area contributed by atoms with Crippen molar-refractivity contribution in [3.8, 4) is 0 Å². The van der Waals surface area contributed by atoms with Gasteiger partial charge in [-0.05, 0) is 31.0 Å². The molecule has 1 fully saturated rings. The highest BCUT2D eigenvalue weighted by atomic mass is 16.4. The Morgan fingerprint density at radius 3 is 2.45 bits per heavy atom. The molecule has 0 aliphatic carbocycles. The first kappa shape index (κ1) is 18.9. The molecule has 7 nitrogen and oxygen atoms in total. The van der Waals surface area contributed by atoms with Crippen molar-refractivity contribution in [3.05, 3.63) is 0 Å². The van der Waals surface area contributed by atoms with Gasteiger partial charge in [-0.3, -0.25) is 9.59 Å². The number of hydrogen-bond acceptors (Lipinski definition) is 5. The third kappa shape index (κ3) is 5.59. The van der Waals surface area contributed by atoms with E-state index in [0.717, 1.165) is 0 Å². The van der Waals surface area contributed by atoms with Gasteiger partial charge in [-0.2, -0.15) is 0 Å². The molecule has 0 radical (unpaired) electrons. The summed E-state index contributed by atoms with van der Waals surface area (Å²) in [5.41, 5.74) is 5.90. The summed E-state index contributed by atoms with van der Waals surface area (Å²) in [6.07, 6.45) is 1.86. The molecule has 1 aliphatic rings. The van der Waals surface area contributed by atoms with Crippen molar-refractivity contribution in [1.29, 1.82) is 0 Å². The van der Waals surface area contributed by atoms with Crippen molar-refractivity contribution in [1.82, 2.24) is 4.90 Å². The van der Waals surface area contributed by atoms with Gasteiger partial charge in [0.25, 0.3) is 0 Å². The minimum Gasteiger partial charge on any atom is -0.481 e. The van der Waals surface area contributed by atoms with Crippen LogP contribution in [-0.4, -0.2) is 58.2 Å². The summed E-state index contributed by atoms with van der Waals surface area (Å²) in [6, 6.07) is -0.590. The Morgan fingerprint density at radius 1 is 1.32 bits per heavy atom. The van der Waals surface area contributed by atoms with Crippen LogP contribution in [0.4, 0.5) is 0 Å². The minimum absolute atomic E-state index is 0.161. The van der Waals surface area contributed by atoms with E-state index in [4.69, 9.17) is 15.8 Å². The normalized spacial score (nSPS) is 22.9. The second-order valence-corrected chi connectivity index (χ2v) is 6.60. The molecule has 22 heavy (non-hydrogen) atoms. The van der Waals surface area contributed by atoms with Crippen LogP contribution in [0.1, 0.15) is 33.1 Å². The number of amides is 1. The van der Waals surface area contributed by atoms with E-state index < -0.39 is 25.0 Å². The molecule has 0 aromatic heterocycles. The molecule has 0 saturated carbocycles. The molecule has 0 aromatic rings. The highest BCUT2D eigenvalue weighted by molar-refractivity contribution is 6.40. The molecule has 1 rings (SSSR count). The number of carboxylic acid groups (broad SMARTS) is 1. The van der Waals surface area contributed by atoms with Crippen molar-refractivity contribution in [2.75, 3.05) is 13.1 Å². The van der Waals surface area contributed by atoms with Gasteiger partial charge in [0.05, 0.1) is 12.0 Å². The first-order valence-corrected chi connectivity index (χ1v) is 7.85. The van der Waals surface area contributed by atoms with Crippen molar-refractivity contribution >= 4 is 19.0 Å². The third-order valence-corrected chi connectivity index (χ3v) is 4.15. The van der Waals surface area contributed by atoms with E-state index in [1.165, 1.54) is 0 Å². The van der Waals surface area contributed by atoms with Crippen LogP contribution in [0.3, 0.4) is 0 Å². The summed E-state index contributed by atoms with van der Waals surface area (Å²) < 4.78 is 0. The van der Waals surface area contributed by atoms with Gasteiger partial charge >= 0.3 is 13.1 Å². The molecule has 5 N–H and O–H groups in total. The SMILES string of the molecule is CC(C)CC(N)C(=O)N1CC(C(=O)O)[C@@H](CCCB(O)O)C1. The number of carbonyl (C=O) groups excluding carboxylic acids is 1. The molecule has 2 unspecified atom stereocenters. The molecule has 1 amide bonds. The van der Waals surface area contributed by atoms with Crippen LogP contribution >= 0.6 is 0 Å². The van der Waals surface area contributed by atoms with Gasteiger partial charge in [0.15, 0.2) is 0 Å². The van der Waals surface area contributed by atoms with Crippen molar-refractivity contribution in [3.63, 3.8) is 0 Å². The van der Waals surface area contributed by atoms with Gasteiger partial charge in [-0.25, -0.2) is 0 Å². The fourth-order valence-electron chi connectivity index (χ4n) is 3.03. The van der Waals surface area contributed by atoms with Gasteiger partial charge < -0.3 is 25.8 Å². The first-order chi connectivity index (χ1) is 10.2. The third-order valence-electron chi connectivity index (χ3n) is 4.15. The fourth-order valence-corrected chi connectivity index (χ4v) is 3.03. The van der Waals surface area contributed by atoms with Gasteiger partial charge in [-0.1, -0.05) is 20.3 Å². The second-order valence-electron chi connectivity index (χ2n) is 6.60. The number of carbonyl (C=O) groups is 2. The van der Waals surface area contributed by atoms with Crippen LogP contribution in [0.2, 0.25) is 6.32 Å². The molecule has 3 atom stereocenters. The van der Waals surface area contributed by atoms with Crippen molar-refractivity contribution < 1.29 is 24.7 Å². The number of nitrogens with zero attached hydrogens (tertiary/aromatic N) is 1. The topological polar surface area (TPSA) is 124 Å². The Bertz CT molecular complexity index is 391. The Hall–Kier alpha value is -1.12. The van der Waals surface area contributed by atoms with Crippen molar-refractivity contribution in [2.45, 2.75) is 45.5 Å². The van der Waals surface area contributed by atoms with E-state index in [-0.39, 0.29) is 24.7 Å². The van der Waals surface area contributed by atoms with Gasteiger partial charge in [0.2, 0.25) is 5.91 Å². The number of rotatable bonds is 8. The standard InChI is InChI=1S/C14H27BN2O5/c1-9(2)6-12(16)13(18)17-7-10(4-3-5-15(21)22)11(8-17)14(19)20/h9-12,21-22H,3-8,16H2,1-2H3,(H,19,20)/t10-,11?,12?/m0/s1. The maximum Gasteiger partial charge on any atom is 0.451 e. The molecule has 0 bridgehead atoms. The number of nitrogens with two attached hydrogens (primary N) is 1. The highest BCUT2D eigenvalue weighted by Crippen LogP contribution is 2.29. The van der Waals surface area contributed by atoms with Crippen LogP contribution < -0.4 is 5.73 Å². The predicted molar refractivity (Wildman–Crippen MR) is 82.9 cm³/mol. The summed E-state index contributed by atoms with van der Waals surface area (Å²) in [4.78, 5) is 25.2. The quantitative estimate of drug-likeness (QED) is 0.459. The first-order valence-electron chi connectivity index (χ1n) is 7.85. The van der Waals surface area contributed by atoms with Crippen molar-refractivity contribution in [2.24, 2.45) is 23.5 Å². The summed E-state index contributed by atoms with van der Waals surface area (Å²) >= 11 is 0. The van der Waals surface area contributed by atoms with Crippen LogP contribution in [0, 0.1) is 17.8 Å². The zero-order valence-corrected chi connectivity index (χ0v) is 13.3. The highest BCUT2D eigenvalue weighted by Gasteiger charge is 2.40. The fraction of sp³-hybridized carbons (Fsp3) is 0.857. The van der Waals surface area contributed by atoms with Gasteiger partial charge in [-0.15, -0.1) is 0 Å². The van der Waals surface area contributed by atoms with E-state index >= 15 is 0 Å². The Labute approximate surface area is 131 Å². The monoisotopic (exact) mass is 314 g/mol. The van der Waals surface area contributed by atoms with E-state index in [2.05, 4.69) is 0 Å². The minimum atomic E-state index is -1.37. The lowest BCUT2D eigenvalue weighted by Crippen LogP contribution is -2.43. The van der Waals surface area contributed by atoms with E-state index in [1.54, 1.807) is 4.90 Å². The van der Waals surface area contributed by atoms with Gasteiger partial charge in [0, 0.05) is 13.1 Å². The zero-order chi connectivity index (χ0) is 16.9. The molecular weight excluding hydrogens is 287 g/mol. The van der Waals surface area contributed by atoms with E-state index in [9.17, 15) is 14.7 Å². The number of aliphatic carboxylic acids is 1. The maximum atomic E-state index is 12.3. The average molecular weight is 314 g/mol. The van der Waals surface area contributed by atoms with Gasteiger partial charge in [0.1, 0.15) is 0 Å². The molecule has 1 aliphatic heterocycles. The molecule has 0 spiro atoms. The molecular formula is C14H27BN2O5. The molecule has 8 heteroatoms.